The van der Waals surface area contributed by atoms with E-state index in [1.807, 2.05) is 12.1 Å². The predicted molar refractivity (Wildman–Crippen MR) is 69.8 cm³/mol. The highest BCUT2D eigenvalue weighted by Gasteiger charge is 2.03. The van der Waals surface area contributed by atoms with Crippen molar-refractivity contribution in [3.63, 3.8) is 0 Å². The van der Waals surface area contributed by atoms with Gasteiger partial charge in [-0.3, -0.25) is 0 Å². The lowest BCUT2D eigenvalue weighted by Crippen LogP contribution is -1.94. The zero-order valence-corrected chi connectivity index (χ0v) is 11.5. The van der Waals surface area contributed by atoms with Crippen LogP contribution in [-0.4, -0.2) is 14.2 Å². The molecule has 0 radical (unpaired) electrons. The molecule has 0 saturated carbocycles. The molecule has 2 nitrogen and oxygen atoms in total. The third-order valence-corrected chi connectivity index (χ3v) is 2.91. The SMILES string of the molecule is CC/C=C(\Cc1ccc(OC)c(Br)c1)OC. The first-order valence-corrected chi connectivity index (χ1v) is 6.06. The van der Waals surface area contributed by atoms with Crippen LogP contribution < -0.4 is 4.74 Å². The quantitative estimate of drug-likeness (QED) is 0.763. The zero-order valence-electron chi connectivity index (χ0n) is 9.92. The smallest absolute Gasteiger partial charge is 0.133 e. The predicted octanol–water partition coefficient (Wildman–Crippen LogP) is 3.94. The molecule has 0 aliphatic heterocycles. The fourth-order valence-corrected chi connectivity index (χ4v) is 2.06. The molecular weight excluding hydrogens is 268 g/mol. The van der Waals surface area contributed by atoms with Crippen molar-refractivity contribution in [2.24, 2.45) is 0 Å². The fraction of sp³-hybridized carbons (Fsp3) is 0.385. The molecular formula is C13H17BrO2. The Kier molecular flexibility index (Phi) is 5.39. The molecule has 0 atom stereocenters. The Morgan fingerprint density at radius 2 is 2.12 bits per heavy atom. The van der Waals surface area contributed by atoms with Crippen LogP contribution in [0.1, 0.15) is 18.9 Å². The van der Waals surface area contributed by atoms with Gasteiger partial charge in [0, 0.05) is 6.42 Å². The second-order valence-corrected chi connectivity index (χ2v) is 4.28. The van der Waals surface area contributed by atoms with Crippen molar-refractivity contribution in [2.45, 2.75) is 19.8 Å². The second kappa shape index (κ2) is 6.59. The number of benzene rings is 1. The Labute approximate surface area is 105 Å². The molecule has 0 heterocycles. The van der Waals surface area contributed by atoms with Gasteiger partial charge in [0.25, 0.3) is 0 Å². The van der Waals surface area contributed by atoms with E-state index in [9.17, 15) is 0 Å². The first-order chi connectivity index (χ1) is 7.71. The van der Waals surface area contributed by atoms with Crippen molar-refractivity contribution < 1.29 is 9.47 Å². The number of methoxy groups -OCH3 is 2. The number of allylic oxidation sites excluding steroid dienone is 2. The lowest BCUT2D eigenvalue weighted by atomic mass is 10.1. The van der Waals surface area contributed by atoms with Gasteiger partial charge in [-0.05, 0) is 46.1 Å². The van der Waals surface area contributed by atoms with E-state index in [-0.39, 0.29) is 0 Å². The van der Waals surface area contributed by atoms with E-state index in [1.165, 1.54) is 5.56 Å². The largest absolute Gasteiger partial charge is 0.501 e. The highest BCUT2D eigenvalue weighted by atomic mass is 79.9. The monoisotopic (exact) mass is 284 g/mol. The van der Waals surface area contributed by atoms with E-state index in [0.717, 1.165) is 28.8 Å². The van der Waals surface area contributed by atoms with Gasteiger partial charge in [0.1, 0.15) is 5.75 Å². The van der Waals surface area contributed by atoms with Crippen LogP contribution in [0.15, 0.2) is 34.5 Å². The van der Waals surface area contributed by atoms with Crippen LogP contribution in [-0.2, 0) is 11.2 Å². The summed E-state index contributed by atoms with van der Waals surface area (Å²) >= 11 is 3.47. The summed E-state index contributed by atoms with van der Waals surface area (Å²) in [5.74, 6) is 1.85. The molecule has 0 unspecified atom stereocenters. The van der Waals surface area contributed by atoms with Gasteiger partial charge in [-0.25, -0.2) is 0 Å². The van der Waals surface area contributed by atoms with Gasteiger partial charge >= 0.3 is 0 Å². The van der Waals surface area contributed by atoms with Crippen molar-refractivity contribution in [1.82, 2.24) is 0 Å². The molecule has 0 N–H and O–H groups in total. The fourth-order valence-electron chi connectivity index (χ4n) is 1.48. The van der Waals surface area contributed by atoms with Gasteiger partial charge in [0.2, 0.25) is 0 Å². The molecule has 0 spiro atoms. The van der Waals surface area contributed by atoms with E-state index >= 15 is 0 Å². The Bertz CT molecular complexity index is 372. The maximum Gasteiger partial charge on any atom is 0.133 e. The molecule has 0 bridgehead atoms. The minimum atomic E-state index is 0.812. The Morgan fingerprint density at radius 1 is 1.38 bits per heavy atom. The topological polar surface area (TPSA) is 18.5 Å². The first kappa shape index (κ1) is 13.1. The molecule has 1 aromatic rings. The van der Waals surface area contributed by atoms with Crippen molar-refractivity contribution >= 4 is 15.9 Å². The standard InChI is InChI=1S/C13H17BrO2/c1-4-5-11(15-2)8-10-6-7-13(16-3)12(14)9-10/h5-7,9H,4,8H2,1-3H3/b11-5+. The van der Waals surface area contributed by atoms with Crippen molar-refractivity contribution in [3.8, 4) is 5.75 Å². The minimum absolute atomic E-state index is 0.812. The highest BCUT2D eigenvalue weighted by molar-refractivity contribution is 9.10. The molecule has 16 heavy (non-hydrogen) atoms. The summed E-state index contributed by atoms with van der Waals surface area (Å²) in [6.07, 6.45) is 3.89. The van der Waals surface area contributed by atoms with Crippen molar-refractivity contribution in [2.75, 3.05) is 14.2 Å². The van der Waals surface area contributed by atoms with Crippen LogP contribution in [0.3, 0.4) is 0 Å². The van der Waals surface area contributed by atoms with Gasteiger partial charge < -0.3 is 9.47 Å². The highest BCUT2D eigenvalue weighted by Crippen LogP contribution is 2.26. The lowest BCUT2D eigenvalue weighted by molar-refractivity contribution is 0.281. The van der Waals surface area contributed by atoms with E-state index in [2.05, 4.69) is 35.0 Å². The van der Waals surface area contributed by atoms with Gasteiger partial charge in [-0.1, -0.05) is 13.0 Å². The summed E-state index contributed by atoms with van der Waals surface area (Å²) < 4.78 is 11.5. The number of hydrogen-bond donors (Lipinski definition) is 0. The lowest BCUT2D eigenvalue weighted by Gasteiger charge is -2.08. The number of rotatable bonds is 5. The third kappa shape index (κ3) is 3.56. The van der Waals surface area contributed by atoms with Crippen LogP contribution in [0.25, 0.3) is 0 Å². The van der Waals surface area contributed by atoms with Crippen molar-refractivity contribution in [1.29, 1.82) is 0 Å². The molecule has 0 fully saturated rings. The summed E-state index contributed by atoms with van der Waals surface area (Å²) in [6.45, 7) is 2.10. The maximum atomic E-state index is 5.31. The third-order valence-electron chi connectivity index (χ3n) is 2.29. The van der Waals surface area contributed by atoms with E-state index in [1.54, 1.807) is 14.2 Å². The second-order valence-electron chi connectivity index (χ2n) is 3.43. The van der Waals surface area contributed by atoms with Gasteiger partial charge in [0.15, 0.2) is 0 Å². The molecule has 0 amide bonds. The van der Waals surface area contributed by atoms with Gasteiger partial charge in [-0.2, -0.15) is 0 Å². The Morgan fingerprint density at radius 3 is 2.62 bits per heavy atom. The Hall–Kier alpha value is -0.960. The summed E-state index contributed by atoms with van der Waals surface area (Å²) in [5.41, 5.74) is 1.20. The number of halogens is 1. The van der Waals surface area contributed by atoms with Crippen molar-refractivity contribution in [3.05, 3.63) is 40.1 Å². The Balaban J connectivity index is 2.82. The molecule has 1 aromatic carbocycles. The molecule has 3 heteroatoms. The van der Waals surface area contributed by atoms with Crippen LogP contribution in [0.2, 0.25) is 0 Å². The number of hydrogen-bond acceptors (Lipinski definition) is 2. The molecule has 88 valence electrons. The van der Waals surface area contributed by atoms with E-state index in [4.69, 9.17) is 9.47 Å². The van der Waals surface area contributed by atoms with Gasteiger partial charge in [0.05, 0.1) is 24.5 Å². The normalized spacial score (nSPS) is 11.4. The van der Waals surface area contributed by atoms with E-state index in [0.29, 0.717) is 0 Å². The maximum absolute atomic E-state index is 5.31. The average molecular weight is 285 g/mol. The molecule has 0 aliphatic rings. The minimum Gasteiger partial charge on any atom is -0.501 e. The molecule has 1 rings (SSSR count). The molecule has 0 saturated heterocycles. The molecule has 0 aromatic heterocycles. The first-order valence-electron chi connectivity index (χ1n) is 5.26. The van der Waals surface area contributed by atoms with Gasteiger partial charge in [-0.15, -0.1) is 0 Å². The summed E-state index contributed by atoms with van der Waals surface area (Å²) in [6, 6.07) is 6.06. The number of ether oxygens (including phenoxy) is 2. The summed E-state index contributed by atoms with van der Waals surface area (Å²) in [4.78, 5) is 0. The summed E-state index contributed by atoms with van der Waals surface area (Å²) in [7, 11) is 3.37. The van der Waals surface area contributed by atoms with Crippen LogP contribution >= 0.6 is 15.9 Å². The van der Waals surface area contributed by atoms with Crippen LogP contribution in [0.4, 0.5) is 0 Å². The molecule has 0 aliphatic carbocycles. The summed E-state index contributed by atoms with van der Waals surface area (Å²) in [5, 5.41) is 0. The average Bonchev–Trinajstić information content (AvgIpc) is 2.28. The van der Waals surface area contributed by atoms with E-state index < -0.39 is 0 Å². The van der Waals surface area contributed by atoms with Crippen LogP contribution in [0, 0.1) is 0 Å². The van der Waals surface area contributed by atoms with Crippen LogP contribution in [0.5, 0.6) is 5.75 Å². The zero-order chi connectivity index (χ0) is 12.0.